The van der Waals surface area contributed by atoms with Crippen LogP contribution in [0.2, 0.25) is 0 Å². The maximum absolute atomic E-state index is 10.6. The number of nitrogens with one attached hydrogen (secondary N) is 2. The highest BCUT2D eigenvalue weighted by Crippen LogP contribution is 2.24. The number of aliphatic hydroxyl groups is 1. The monoisotopic (exact) mass is 546 g/mol. The van der Waals surface area contributed by atoms with Crippen molar-refractivity contribution in [1.82, 2.24) is 15.5 Å². The van der Waals surface area contributed by atoms with Crippen LogP contribution in [-0.4, -0.2) is 69.0 Å². The largest absolute Gasteiger partial charge is 0.386 e. The van der Waals surface area contributed by atoms with E-state index in [1.807, 2.05) is 12.1 Å². The molecule has 1 saturated heterocycles. The molecule has 0 aliphatic carbocycles. The Morgan fingerprint density at radius 3 is 2.39 bits per heavy atom. The van der Waals surface area contributed by atoms with Gasteiger partial charge in [-0.25, -0.2) is 0 Å². The molecular weight excluding hydrogens is 503 g/mol. The highest BCUT2D eigenvalue weighted by molar-refractivity contribution is 14.0. The molecule has 1 aromatic rings. The van der Waals surface area contributed by atoms with Gasteiger partial charge in [-0.05, 0) is 55.3 Å². The number of guanidine groups is 1. The normalized spacial score (nSPS) is 17.2. The van der Waals surface area contributed by atoms with Gasteiger partial charge in [0.2, 0.25) is 0 Å². The number of benzene rings is 1. The van der Waals surface area contributed by atoms with Crippen molar-refractivity contribution in [3.05, 3.63) is 35.4 Å². The third kappa shape index (κ3) is 10.1. The number of methoxy groups -OCH3 is 1. The molecule has 3 N–H and O–H groups in total. The predicted molar refractivity (Wildman–Crippen MR) is 141 cm³/mol. The number of rotatable bonds is 9. The fourth-order valence-corrected chi connectivity index (χ4v) is 3.71. The van der Waals surface area contributed by atoms with E-state index in [0.29, 0.717) is 12.5 Å². The molecule has 1 aliphatic rings. The zero-order chi connectivity index (χ0) is 22.0. The minimum Gasteiger partial charge on any atom is -0.386 e. The third-order valence-electron chi connectivity index (χ3n) is 5.81. The molecule has 1 aliphatic heterocycles. The molecule has 1 fully saturated rings. The fourth-order valence-electron chi connectivity index (χ4n) is 3.71. The van der Waals surface area contributed by atoms with Gasteiger partial charge in [0.05, 0.1) is 19.3 Å². The molecule has 0 saturated carbocycles. The zero-order valence-corrected chi connectivity index (χ0v) is 22.3. The molecule has 0 spiro atoms. The van der Waals surface area contributed by atoms with Crippen molar-refractivity contribution < 1.29 is 9.84 Å². The van der Waals surface area contributed by atoms with E-state index in [2.05, 4.69) is 60.4 Å². The molecule has 0 amide bonds. The Labute approximate surface area is 206 Å². The predicted octanol–water partition coefficient (Wildman–Crippen LogP) is 3.55. The molecule has 178 valence electrons. The lowest BCUT2D eigenvalue weighted by Gasteiger charge is -2.32. The number of likely N-dealkylation sites (tertiary alicyclic amines) is 1. The summed E-state index contributed by atoms with van der Waals surface area (Å²) in [5.74, 6) is 1.44. The molecule has 0 aromatic heterocycles. The Kier molecular flexibility index (Phi) is 13.0. The molecule has 0 radical (unpaired) electrons. The smallest absolute Gasteiger partial charge is 0.191 e. The topological polar surface area (TPSA) is 69.1 Å². The Morgan fingerprint density at radius 2 is 1.84 bits per heavy atom. The number of hydrogen-bond donors (Lipinski definition) is 3. The number of aliphatic imine (C=N–C) groups is 1. The van der Waals surface area contributed by atoms with Crippen LogP contribution in [0.15, 0.2) is 29.3 Å². The third-order valence-corrected chi connectivity index (χ3v) is 5.81. The van der Waals surface area contributed by atoms with E-state index < -0.39 is 6.10 Å². The molecular formula is C24H43IN4O2. The van der Waals surface area contributed by atoms with Crippen LogP contribution in [0.5, 0.6) is 0 Å². The van der Waals surface area contributed by atoms with Crippen molar-refractivity contribution >= 4 is 29.9 Å². The maximum Gasteiger partial charge on any atom is 0.191 e. The van der Waals surface area contributed by atoms with Gasteiger partial charge in [0, 0.05) is 26.7 Å². The summed E-state index contributed by atoms with van der Waals surface area (Å²) in [5.41, 5.74) is 2.29. The molecule has 7 heteroatoms. The van der Waals surface area contributed by atoms with Gasteiger partial charge in [-0.15, -0.1) is 24.0 Å². The SMILES string of the molecule is CCNC(=NCC(O)c1ccc(C(C)(C)C)cc1)NCC1CCN(CCOC)CC1.I. The summed E-state index contributed by atoms with van der Waals surface area (Å²) in [6, 6.07) is 8.23. The zero-order valence-electron chi connectivity index (χ0n) is 20.0. The molecule has 31 heavy (non-hydrogen) atoms. The van der Waals surface area contributed by atoms with Crippen molar-refractivity contribution in [2.24, 2.45) is 10.9 Å². The Morgan fingerprint density at radius 1 is 1.19 bits per heavy atom. The number of halogens is 1. The van der Waals surface area contributed by atoms with E-state index in [1.165, 1.54) is 18.4 Å². The minimum atomic E-state index is -0.599. The summed E-state index contributed by atoms with van der Waals surface area (Å²) >= 11 is 0. The summed E-state index contributed by atoms with van der Waals surface area (Å²) in [6.45, 7) is 14.8. The van der Waals surface area contributed by atoms with Gasteiger partial charge >= 0.3 is 0 Å². The average molecular weight is 547 g/mol. The Hall–Kier alpha value is -0.900. The van der Waals surface area contributed by atoms with Crippen LogP contribution in [0.4, 0.5) is 0 Å². The number of ether oxygens (including phenoxy) is 1. The van der Waals surface area contributed by atoms with E-state index >= 15 is 0 Å². The van der Waals surface area contributed by atoms with Gasteiger partial charge in [-0.1, -0.05) is 45.0 Å². The lowest BCUT2D eigenvalue weighted by molar-refractivity contribution is 0.121. The molecule has 1 aromatic carbocycles. The van der Waals surface area contributed by atoms with Crippen molar-refractivity contribution in [2.75, 3.05) is 53.0 Å². The summed E-state index contributed by atoms with van der Waals surface area (Å²) < 4.78 is 5.18. The van der Waals surface area contributed by atoms with Gasteiger partial charge in [-0.2, -0.15) is 0 Å². The first kappa shape index (κ1) is 28.1. The summed E-state index contributed by atoms with van der Waals surface area (Å²) in [7, 11) is 1.76. The fraction of sp³-hybridized carbons (Fsp3) is 0.708. The molecule has 1 heterocycles. The summed E-state index contributed by atoms with van der Waals surface area (Å²) in [6.07, 6.45) is 1.79. The maximum atomic E-state index is 10.6. The van der Waals surface area contributed by atoms with Crippen LogP contribution in [-0.2, 0) is 10.2 Å². The highest BCUT2D eigenvalue weighted by Gasteiger charge is 2.19. The number of nitrogens with zero attached hydrogens (tertiary/aromatic N) is 2. The number of aliphatic hydroxyl groups excluding tert-OH is 1. The van der Waals surface area contributed by atoms with Crippen LogP contribution in [0, 0.1) is 5.92 Å². The van der Waals surface area contributed by atoms with E-state index in [-0.39, 0.29) is 29.4 Å². The average Bonchev–Trinajstić information content (AvgIpc) is 2.74. The van der Waals surface area contributed by atoms with Crippen molar-refractivity contribution in [1.29, 1.82) is 0 Å². The summed E-state index contributed by atoms with van der Waals surface area (Å²) in [4.78, 5) is 7.09. The summed E-state index contributed by atoms with van der Waals surface area (Å²) in [5, 5.41) is 17.3. The number of piperidine rings is 1. The van der Waals surface area contributed by atoms with Gasteiger partial charge in [0.15, 0.2) is 5.96 Å². The molecule has 6 nitrogen and oxygen atoms in total. The van der Waals surface area contributed by atoms with Crippen LogP contribution in [0.1, 0.15) is 57.8 Å². The Bertz CT molecular complexity index is 638. The first-order chi connectivity index (χ1) is 14.3. The first-order valence-electron chi connectivity index (χ1n) is 11.4. The van der Waals surface area contributed by atoms with Crippen LogP contribution < -0.4 is 10.6 Å². The quantitative estimate of drug-likeness (QED) is 0.251. The van der Waals surface area contributed by atoms with E-state index in [4.69, 9.17) is 4.74 Å². The van der Waals surface area contributed by atoms with Crippen molar-refractivity contribution in [2.45, 2.75) is 52.1 Å². The molecule has 2 rings (SSSR count). The molecule has 1 unspecified atom stereocenters. The van der Waals surface area contributed by atoms with Gasteiger partial charge in [-0.3, -0.25) is 4.99 Å². The van der Waals surface area contributed by atoms with Crippen LogP contribution >= 0.6 is 24.0 Å². The molecule has 0 bridgehead atoms. The van der Waals surface area contributed by atoms with E-state index in [9.17, 15) is 5.11 Å². The molecule has 1 atom stereocenters. The van der Waals surface area contributed by atoms with E-state index in [1.54, 1.807) is 7.11 Å². The van der Waals surface area contributed by atoms with Crippen LogP contribution in [0.3, 0.4) is 0 Å². The standard InChI is InChI=1S/C24H42N4O2.HI/c1-6-25-23(26-17-19-11-13-28(14-12-19)15-16-30-5)27-18-22(29)20-7-9-21(10-8-20)24(2,3)4;/h7-10,19,22,29H,6,11-18H2,1-5H3,(H2,25,26,27);1H. The van der Waals surface area contributed by atoms with E-state index in [0.717, 1.165) is 50.9 Å². The van der Waals surface area contributed by atoms with Crippen molar-refractivity contribution in [3.63, 3.8) is 0 Å². The van der Waals surface area contributed by atoms with Crippen molar-refractivity contribution in [3.8, 4) is 0 Å². The lowest BCUT2D eigenvalue weighted by Crippen LogP contribution is -2.43. The second-order valence-corrected chi connectivity index (χ2v) is 9.27. The lowest BCUT2D eigenvalue weighted by atomic mass is 9.86. The van der Waals surface area contributed by atoms with Gasteiger partial charge in [0.1, 0.15) is 0 Å². The van der Waals surface area contributed by atoms with Crippen LogP contribution in [0.25, 0.3) is 0 Å². The first-order valence-corrected chi connectivity index (χ1v) is 11.4. The highest BCUT2D eigenvalue weighted by atomic mass is 127. The van der Waals surface area contributed by atoms with Gasteiger partial charge < -0.3 is 25.4 Å². The van der Waals surface area contributed by atoms with Gasteiger partial charge in [0.25, 0.3) is 0 Å². The Balaban J connectivity index is 0.00000480. The second-order valence-electron chi connectivity index (χ2n) is 9.27. The second kappa shape index (κ2) is 14.3. The minimum absolute atomic E-state index is 0. The number of hydrogen-bond acceptors (Lipinski definition) is 4.